The number of methoxy groups -OCH3 is 2. The Morgan fingerprint density at radius 1 is 1.06 bits per heavy atom. The molecule has 2 aromatic carbocycles. The molecule has 4 aromatic rings. The Hall–Kier alpha value is -4.27. The molecule has 5 rings (SSSR count). The lowest BCUT2D eigenvalue weighted by Gasteiger charge is -2.26. The van der Waals surface area contributed by atoms with Crippen LogP contribution in [0, 0.1) is 13.8 Å². The van der Waals surface area contributed by atoms with Crippen LogP contribution in [-0.4, -0.2) is 45.1 Å². The number of para-hydroxylation sites is 1. The number of rotatable bonds is 5. The number of aromatic nitrogens is 5. The molecule has 0 fully saturated rings. The maximum atomic E-state index is 12.8. The van der Waals surface area contributed by atoms with E-state index in [9.17, 15) is 4.79 Å². The third-order valence-corrected chi connectivity index (χ3v) is 6.00. The van der Waals surface area contributed by atoms with E-state index in [-0.39, 0.29) is 24.2 Å². The summed E-state index contributed by atoms with van der Waals surface area (Å²) >= 11 is 0. The molecule has 9 heteroatoms. The molecule has 0 bridgehead atoms. The molecule has 34 heavy (non-hydrogen) atoms. The van der Waals surface area contributed by atoms with Crippen LogP contribution >= 0.6 is 0 Å². The van der Waals surface area contributed by atoms with Gasteiger partial charge in [0.05, 0.1) is 31.8 Å². The van der Waals surface area contributed by atoms with Crippen molar-refractivity contribution in [3.05, 3.63) is 71.0 Å². The number of carbonyl (C=O) groups excluding carboxylic acids is 1. The minimum absolute atomic E-state index is 0.133. The van der Waals surface area contributed by atoms with Crippen molar-refractivity contribution in [2.75, 3.05) is 19.5 Å². The first-order chi connectivity index (χ1) is 16.5. The summed E-state index contributed by atoms with van der Waals surface area (Å²) in [6, 6.07) is 13.7. The van der Waals surface area contributed by atoms with Gasteiger partial charge in [-0.15, -0.1) is 5.10 Å². The molecule has 0 spiro atoms. The summed E-state index contributed by atoms with van der Waals surface area (Å²) in [6.07, 6.45) is 1.87. The van der Waals surface area contributed by atoms with E-state index < -0.39 is 0 Å². The average molecular weight is 457 g/mol. The van der Waals surface area contributed by atoms with Gasteiger partial charge in [0.2, 0.25) is 5.91 Å². The highest BCUT2D eigenvalue weighted by Crippen LogP contribution is 2.45. The Bertz CT molecular complexity index is 1380. The molecule has 3 heterocycles. The zero-order chi connectivity index (χ0) is 23.8. The van der Waals surface area contributed by atoms with Crippen molar-refractivity contribution in [1.82, 2.24) is 25.0 Å². The van der Waals surface area contributed by atoms with Crippen LogP contribution in [0.2, 0.25) is 0 Å². The van der Waals surface area contributed by atoms with E-state index in [1.807, 2.05) is 56.3 Å². The number of fused-ring (bicyclic) bond motifs is 1. The Morgan fingerprint density at radius 3 is 2.59 bits per heavy atom. The van der Waals surface area contributed by atoms with Gasteiger partial charge in [-0.2, -0.15) is 14.9 Å². The molecule has 9 nitrogen and oxygen atoms in total. The van der Waals surface area contributed by atoms with E-state index in [1.54, 1.807) is 25.1 Å². The summed E-state index contributed by atoms with van der Waals surface area (Å²) in [5, 5.41) is 16.0. The van der Waals surface area contributed by atoms with E-state index in [2.05, 4.69) is 25.6 Å². The zero-order valence-corrected chi connectivity index (χ0v) is 19.4. The van der Waals surface area contributed by atoms with E-state index in [4.69, 9.17) is 9.47 Å². The van der Waals surface area contributed by atoms with Crippen LogP contribution in [0.5, 0.6) is 11.5 Å². The fourth-order valence-electron chi connectivity index (χ4n) is 4.39. The van der Waals surface area contributed by atoms with Gasteiger partial charge in [0.1, 0.15) is 5.82 Å². The van der Waals surface area contributed by atoms with Crippen molar-refractivity contribution in [1.29, 1.82) is 0 Å². The Labute approximate surface area is 196 Å². The highest BCUT2D eigenvalue weighted by molar-refractivity contribution is 5.95. The fraction of sp³-hybridized carbons (Fsp3) is 0.240. The molecule has 172 valence electrons. The van der Waals surface area contributed by atoms with Crippen LogP contribution in [-0.2, 0) is 4.79 Å². The minimum Gasteiger partial charge on any atom is -0.493 e. The Morgan fingerprint density at radius 2 is 1.85 bits per heavy atom. The van der Waals surface area contributed by atoms with Gasteiger partial charge in [-0.05, 0) is 19.9 Å². The third kappa shape index (κ3) is 3.64. The first kappa shape index (κ1) is 21.6. The van der Waals surface area contributed by atoms with Crippen molar-refractivity contribution in [3.8, 4) is 28.7 Å². The van der Waals surface area contributed by atoms with Gasteiger partial charge in [-0.25, -0.2) is 4.98 Å². The third-order valence-electron chi connectivity index (χ3n) is 6.00. The van der Waals surface area contributed by atoms with Gasteiger partial charge < -0.3 is 14.8 Å². The zero-order valence-electron chi connectivity index (χ0n) is 19.4. The standard InChI is InChI=1S/C25H24N6O3/c1-14-8-10-16(11-9-14)19-13-26-29-25(27-19)31-24-22(15(2)30-31)18(12-21(32)28-24)17-6-5-7-20(33-3)23(17)34-4/h5-11,13,18H,12H2,1-4H3,(H,28,32). The number of hydrogen-bond acceptors (Lipinski definition) is 7. The molecule has 0 saturated carbocycles. The lowest BCUT2D eigenvalue weighted by Crippen LogP contribution is -2.25. The van der Waals surface area contributed by atoms with Crippen LogP contribution in [0.4, 0.5) is 5.82 Å². The summed E-state index contributed by atoms with van der Waals surface area (Å²) in [4.78, 5) is 17.5. The second-order valence-electron chi connectivity index (χ2n) is 8.15. The summed E-state index contributed by atoms with van der Waals surface area (Å²) in [7, 11) is 3.19. The highest BCUT2D eigenvalue weighted by Gasteiger charge is 2.35. The number of ether oxygens (including phenoxy) is 2. The second-order valence-corrected chi connectivity index (χ2v) is 8.15. The number of benzene rings is 2. The number of nitrogens with zero attached hydrogens (tertiary/aromatic N) is 5. The van der Waals surface area contributed by atoms with Crippen LogP contribution in [0.3, 0.4) is 0 Å². The fourth-order valence-corrected chi connectivity index (χ4v) is 4.39. The molecule has 2 aromatic heterocycles. The highest BCUT2D eigenvalue weighted by atomic mass is 16.5. The average Bonchev–Trinajstić information content (AvgIpc) is 3.19. The van der Waals surface area contributed by atoms with Gasteiger partial charge in [0.15, 0.2) is 11.5 Å². The van der Waals surface area contributed by atoms with E-state index in [0.717, 1.165) is 27.9 Å². The Balaban J connectivity index is 1.63. The second kappa shape index (κ2) is 8.58. The van der Waals surface area contributed by atoms with Crippen LogP contribution in [0.25, 0.3) is 17.2 Å². The molecule has 1 unspecified atom stereocenters. The molecule has 1 atom stereocenters. The summed E-state index contributed by atoms with van der Waals surface area (Å²) in [6.45, 7) is 3.94. The molecule has 1 N–H and O–H groups in total. The molecular formula is C25H24N6O3. The normalized spacial score (nSPS) is 14.9. The topological polar surface area (TPSA) is 104 Å². The molecule has 1 amide bonds. The first-order valence-corrected chi connectivity index (χ1v) is 10.9. The van der Waals surface area contributed by atoms with Crippen molar-refractivity contribution in [2.24, 2.45) is 0 Å². The predicted molar refractivity (Wildman–Crippen MR) is 126 cm³/mol. The van der Waals surface area contributed by atoms with Crippen LogP contribution < -0.4 is 14.8 Å². The van der Waals surface area contributed by atoms with Gasteiger partial charge in [-0.3, -0.25) is 4.79 Å². The quantitative estimate of drug-likeness (QED) is 0.487. The molecule has 0 saturated heterocycles. The minimum atomic E-state index is -0.268. The van der Waals surface area contributed by atoms with Gasteiger partial charge in [0.25, 0.3) is 5.95 Å². The van der Waals surface area contributed by atoms with E-state index in [0.29, 0.717) is 23.0 Å². The van der Waals surface area contributed by atoms with Crippen LogP contribution in [0.15, 0.2) is 48.7 Å². The van der Waals surface area contributed by atoms with E-state index >= 15 is 0 Å². The van der Waals surface area contributed by atoms with Gasteiger partial charge in [-0.1, -0.05) is 42.0 Å². The number of hydrogen-bond donors (Lipinski definition) is 1. The van der Waals surface area contributed by atoms with Crippen molar-refractivity contribution >= 4 is 11.7 Å². The maximum Gasteiger partial charge on any atom is 0.272 e. The summed E-state index contributed by atoms with van der Waals surface area (Å²) < 4.78 is 12.7. The number of amides is 1. The van der Waals surface area contributed by atoms with Crippen molar-refractivity contribution in [3.63, 3.8) is 0 Å². The summed E-state index contributed by atoms with van der Waals surface area (Å²) in [5.74, 6) is 1.62. The number of nitrogens with one attached hydrogen (secondary N) is 1. The Kier molecular flexibility index (Phi) is 5.45. The molecule has 0 aliphatic carbocycles. The number of anilines is 1. The van der Waals surface area contributed by atoms with Crippen molar-refractivity contribution in [2.45, 2.75) is 26.2 Å². The van der Waals surface area contributed by atoms with Gasteiger partial charge in [0, 0.05) is 29.0 Å². The first-order valence-electron chi connectivity index (χ1n) is 10.9. The van der Waals surface area contributed by atoms with E-state index in [1.165, 1.54) is 0 Å². The SMILES string of the molecule is COc1cccc(C2CC(=O)Nc3c2c(C)nn3-c2nncc(-c3ccc(C)cc3)n2)c1OC. The number of carbonyl (C=O) groups is 1. The molecular weight excluding hydrogens is 432 g/mol. The van der Waals surface area contributed by atoms with Crippen molar-refractivity contribution < 1.29 is 14.3 Å². The lowest BCUT2D eigenvalue weighted by atomic mass is 9.85. The van der Waals surface area contributed by atoms with Crippen LogP contribution in [0.1, 0.15) is 34.7 Å². The van der Waals surface area contributed by atoms with Gasteiger partial charge >= 0.3 is 0 Å². The monoisotopic (exact) mass is 456 g/mol. The molecule has 1 aliphatic rings. The lowest BCUT2D eigenvalue weighted by molar-refractivity contribution is -0.116. The molecule has 0 radical (unpaired) electrons. The summed E-state index contributed by atoms with van der Waals surface area (Å²) in [5.41, 5.74) is 5.24. The number of aryl methyl sites for hydroxylation is 2. The maximum absolute atomic E-state index is 12.8. The predicted octanol–water partition coefficient (Wildman–Crippen LogP) is 3.83. The largest absolute Gasteiger partial charge is 0.493 e. The smallest absolute Gasteiger partial charge is 0.272 e. The molecule has 1 aliphatic heterocycles.